The van der Waals surface area contributed by atoms with E-state index in [-0.39, 0.29) is 33.3 Å². The summed E-state index contributed by atoms with van der Waals surface area (Å²) in [4.78, 5) is 16.5. The predicted molar refractivity (Wildman–Crippen MR) is 131 cm³/mol. The van der Waals surface area contributed by atoms with Gasteiger partial charge in [-0.1, -0.05) is 5.16 Å². The lowest BCUT2D eigenvalue weighted by Crippen LogP contribution is -2.19. The molecule has 3 aromatic heterocycles. The number of hydrogen-bond donors (Lipinski definition) is 1. The van der Waals surface area contributed by atoms with Crippen LogP contribution in [-0.4, -0.2) is 30.2 Å². The fraction of sp³-hybridized carbons (Fsp3) is 0.0800. The topological polar surface area (TPSA) is 116 Å². The number of aromatic nitrogens is 3. The standard InChI is InChI=1S/C25H18F2N4O5S/c1-14-9-16(13-28-25(14)27)18-11-22(35-2)21(12-19(18)26)31-20-5-4-17(10-15(20)3-6-24(31)32)37(33,34)30-23-7-8-36-29-23/h3-13H,1-2H3,(H,29,30). The van der Waals surface area contributed by atoms with E-state index in [1.54, 1.807) is 0 Å². The Balaban J connectivity index is 1.64. The molecule has 5 rings (SSSR count). The number of nitrogens with one attached hydrogen (secondary N) is 1. The van der Waals surface area contributed by atoms with Gasteiger partial charge in [-0.15, -0.1) is 0 Å². The van der Waals surface area contributed by atoms with Crippen molar-refractivity contribution in [2.75, 3.05) is 11.8 Å². The Bertz CT molecular complexity index is 1820. The van der Waals surface area contributed by atoms with Crippen LogP contribution in [0.1, 0.15) is 5.56 Å². The number of hydrogen-bond acceptors (Lipinski definition) is 7. The van der Waals surface area contributed by atoms with E-state index in [2.05, 4.69) is 19.4 Å². The minimum atomic E-state index is -4.00. The van der Waals surface area contributed by atoms with E-state index in [9.17, 15) is 17.6 Å². The largest absolute Gasteiger partial charge is 0.495 e. The minimum absolute atomic E-state index is 0.0110. The van der Waals surface area contributed by atoms with Gasteiger partial charge in [-0.3, -0.25) is 14.1 Å². The third kappa shape index (κ3) is 4.42. The number of nitrogens with zero attached hydrogens (tertiary/aromatic N) is 3. The van der Waals surface area contributed by atoms with Crippen LogP contribution in [0.3, 0.4) is 0 Å². The number of fused-ring (bicyclic) bond motifs is 1. The van der Waals surface area contributed by atoms with Crippen molar-refractivity contribution in [2.24, 2.45) is 0 Å². The van der Waals surface area contributed by atoms with Gasteiger partial charge in [-0.25, -0.2) is 17.8 Å². The van der Waals surface area contributed by atoms with Crippen molar-refractivity contribution in [1.82, 2.24) is 14.7 Å². The fourth-order valence-electron chi connectivity index (χ4n) is 3.91. The lowest BCUT2D eigenvalue weighted by molar-refractivity contribution is 0.412. The first-order valence-corrected chi connectivity index (χ1v) is 12.3. The Kier molecular flexibility index (Phi) is 5.96. The second-order valence-electron chi connectivity index (χ2n) is 8.05. The van der Waals surface area contributed by atoms with E-state index in [4.69, 9.17) is 4.74 Å². The zero-order chi connectivity index (χ0) is 26.3. The molecule has 0 atom stereocenters. The van der Waals surface area contributed by atoms with Crippen molar-refractivity contribution in [3.63, 3.8) is 0 Å². The van der Waals surface area contributed by atoms with Crippen LogP contribution in [0.2, 0.25) is 0 Å². The van der Waals surface area contributed by atoms with Gasteiger partial charge in [0, 0.05) is 46.5 Å². The van der Waals surface area contributed by atoms with E-state index < -0.39 is 27.3 Å². The summed E-state index contributed by atoms with van der Waals surface area (Å²) < 4.78 is 68.1. The summed E-state index contributed by atoms with van der Waals surface area (Å²) in [5.41, 5.74) is 0.612. The second-order valence-corrected chi connectivity index (χ2v) is 9.74. The highest BCUT2D eigenvalue weighted by Crippen LogP contribution is 2.34. The highest BCUT2D eigenvalue weighted by atomic mass is 32.2. The maximum absolute atomic E-state index is 15.3. The zero-order valence-electron chi connectivity index (χ0n) is 19.4. The number of benzene rings is 2. The molecule has 2 aromatic carbocycles. The molecular weight excluding hydrogens is 506 g/mol. The molecule has 188 valence electrons. The first-order chi connectivity index (χ1) is 17.7. The number of anilines is 1. The van der Waals surface area contributed by atoms with E-state index in [1.807, 2.05) is 0 Å². The van der Waals surface area contributed by atoms with Crippen molar-refractivity contribution in [2.45, 2.75) is 11.8 Å². The average molecular weight is 525 g/mol. The lowest BCUT2D eigenvalue weighted by atomic mass is 10.0. The molecule has 0 saturated heterocycles. The van der Waals surface area contributed by atoms with Gasteiger partial charge in [0.15, 0.2) is 5.82 Å². The maximum Gasteiger partial charge on any atom is 0.263 e. The number of halogens is 2. The summed E-state index contributed by atoms with van der Waals surface area (Å²) in [6, 6.07) is 12.2. The highest BCUT2D eigenvalue weighted by molar-refractivity contribution is 7.92. The molecule has 0 spiro atoms. The molecule has 0 bridgehead atoms. The van der Waals surface area contributed by atoms with Crippen molar-refractivity contribution in [3.05, 3.63) is 94.7 Å². The maximum atomic E-state index is 15.3. The summed E-state index contributed by atoms with van der Waals surface area (Å²) in [5, 5.41) is 3.93. The third-order valence-corrected chi connectivity index (χ3v) is 7.04. The number of rotatable bonds is 6. The smallest absolute Gasteiger partial charge is 0.263 e. The van der Waals surface area contributed by atoms with Gasteiger partial charge < -0.3 is 9.26 Å². The molecule has 9 nitrogen and oxygen atoms in total. The first kappa shape index (κ1) is 24.1. The van der Waals surface area contributed by atoms with Crippen LogP contribution in [0.15, 0.2) is 81.3 Å². The Morgan fingerprint density at radius 1 is 1.05 bits per heavy atom. The van der Waals surface area contributed by atoms with Crippen molar-refractivity contribution in [1.29, 1.82) is 0 Å². The Hall–Kier alpha value is -4.58. The van der Waals surface area contributed by atoms with E-state index in [0.29, 0.717) is 16.5 Å². The predicted octanol–water partition coefficient (Wildman–Crippen LogP) is 4.44. The number of methoxy groups -OCH3 is 1. The Morgan fingerprint density at radius 3 is 2.57 bits per heavy atom. The van der Waals surface area contributed by atoms with Crippen molar-refractivity contribution < 1.29 is 26.5 Å². The van der Waals surface area contributed by atoms with Gasteiger partial charge in [0.05, 0.1) is 23.2 Å². The third-order valence-electron chi connectivity index (χ3n) is 5.69. The van der Waals surface area contributed by atoms with E-state index in [0.717, 1.165) is 6.07 Å². The van der Waals surface area contributed by atoms with Gasteiger partial charge >= 0.3 is 0 Å². The molecule has 0 unspecified atom stereocenters. The number of aryl methyl sites for hydroxylation is 1. The molecule has 0 saturated carbocycles. The molecule has 37 heavy (non-hydrogen) atoms. The summed E-state index contributed by atoms with van der Waals surface area (Å²) >= 11 is 0. The van der Waals surface area contributed by atoms with E-state index in [1.165, 1.54) is 79.6 Å². The molecule has 0 aliphatic heterocycles. The second kappa shape index (κ2) is 9.13. The molecule has 1 N–H and O–H groups in total. The summed E-state index contributed by atoms with van der Waals surface area (Å²) in [7, 11) is -2.64. The molecular formula is C25H18F2N4O5S. The molecule has 0 amide bonds. The molecule has 0 fully saturated rings. The van der Waals surface area contributed by atoms with Crippen LogP contribution in [0.5, 0.6) is 5.75 Å². The van der Waals surface area contributed by atoms with Gasteiger partial charge in [-0.05, 0) is 43.3 Å². The Labute approximate surface area is 209 Å². The SMILES string of the molecule is COc1cc(-c2cnc(F)c(C)c2)c(F)cc1-n1c(=O)ccc2cc(S(=O)(=O)Nc3ccon3)ccc21. The van der Waals surface area contributed by atoms with Crippen molar-refractivity contribution >= 4 is 26.7 Å². The molecule has 3 heterocycles. The molecule has 5 aromatic rings. The minimum Gasteiger partial charge on any atom is -0.495 e. The quantitative estimate of drug-likeness (QED) is 0.327. The van der Waals surface area contributed by atoms with Gasteiger partial charge in [0.2, 0.25) is 5.95 Å². The fourth-order valence-corrected chi connectivity index (χ4v) is 4.94. The summed E-state index contributed by atoms with van der Waals surface area (Å²) in [6.07, 6.45) is 2.43. The van der Waals surface area contributed by atoms with Gasteiger partial charge in [-0.2, -0.15) is 4.39 Å². The van der Waals surface area contributed by atoms with Crippen LogP contribution in [0.4, 0.5) is 14.6 Å². The van der Waals surface area contributed by atoms with Crippen molar-refractivity contribution in [3.8, 4) is 22.6 Å². The average Bonchev–Trinajstić information content (AvgIpc) is 3.37. The first-order valence-electron chi connectivity index (χ1n) is 10.8. The normalized spacial score (nSPS) is 11.6. The monoisotopic (exact) mass is 524 g/mol. The lowest BCUT2D eigenvalue weighted by Gasteiger charge is -2.16. The van der Waals surface area contributed by atoms with Crippen LogP contribution >= 0.6 is 0 Å². The summed E-state index contributed by atoms with van der Waals surface area (Å²) in [6.45, 7) is 1.51. The van der Waals surface area contributed by atoms with Crippen LogP contribution in [0.25, 0.3) is 27.7 Å². The highest BCUT2D eigenvalue weighted by Gasteiger charge is 2.20. The Morgan fingerprint density at radius 2 is 1.86 bits per heavy atom. The number of sulfonamides is 1. The number of ether oxygens (including phenoxy) is 1. The molecule has 0 aliphatic rings. The molecule has 0 radical (unpaired) electrons. The van der Waals surface area contributed by atoms with Gasteiger partial charge in [0.25, 0.3) is 15.6 Å². The van der Waals surface area contributed by atoms with Crippen LogP contribution in [-0.2, 0) is 10.0 Å². The van der Waals surface area contributed by atoms with Crippen LogP contribution in [0, 0.1) is 18.7 Å². The van der Waals surface area contributed by atoms with E-state index >= 15 is 4.39 Å². The molecule has 0 aliphatic carbocycles. The summed E-state index contributed by atoms with van der Waals surface area (Å²) in [5.74, 6) is -1.18. The number of pyridine rings is 2. The van der Waals surface area contributed by atoms with Gasteiger partial charge in [0.1, 0.15) is 17.8 Å². The molecule has 12 heteroatoms. The van der Waals surface area contributed by atoms with Crippen LogP contribution < -0.4 is 15.0 Å². The zero-order valence-corrected chi connectivity index (χ0v) is 20.2.